The van der Waals surface area contributed by atoms with E-state index in [4.69, 9.17) is 0 Å². The zero-order chi connectivity index (χ0) is 17.8. The maximum Gasteiger partial charge on any atom is 0.322 e. The molecule has 0 radical (unpaired) electrons. The van der Waals surface area contributed by atoms with E-state index < -0.39 is 0 Å². The Hall–Kier alpha value is -3.22. The van der Waals surface area contributed by atoms with Crippen LogP contribution in [0.4, 0.5) is 10.5 Å². The molecular formula is C19H20N6O. The van der Waals surface area contributed by atoms with E-state index >= 15 is 0 Å². The molecule has 7 nitrogen and oxygen atoms in total. The summed E-state index contributed by atoms with van der Waals surface area (Å²) in [4.78, 5) is 22.8. The van der Waals surface area contributed by atoms with Gasteiger partial charge in [-0.2, -0.15) is 5.10 Å². The number of amides is 2. The topological polar surface area (TPSA) is 75.9 Å². The van der Waals surface area contributed by atoms with E-state index in [1.165, 1.54) is 11.9 Å². The van der Waals surface area contributed by atoms with Gasteiger partial charge in [0.25, 0.3) is 0 Å². The third-order valence-corrected chi connectivity index (χ3v) is 4.60. The van der Waals surface area contributed by atoms with Crippen LogP contribution in [0.25, 0.3) is 5.82 Å². The third kappa shape index (κ3) is 3.56. The maximum absolute atomic E-state index is 12.7. The van der Waals surface area contributed by atoms with Crippen LogP contribution in [0.2, 0.25) is 0 Å². The summed E-state index contributed by atoms with van der Waals surface area (Å²) in [5, 5.41) is 6.99. The molecule has 0 aliphatic carbocycles. The number of hydrogen-bond donors (Lipinski definition) is 1. The van der Waals surface area contributed by atoms with Crippen molar-refractivity contribution in [3.63, 3.8) is 0 Å². The molecule has 1 fully saturated rings. The number of carbonyl (C=O) groups is 1. The summed E-state index contributed by atoms with van der Waals surface area (Å²) in [6.07, 6.45) is 7.63. The number of hydrogen-bond acceptors (Lipinski definition) is 4. The highest BCUT2D eigenvalue weighted by atomic mass is 16.2. The zero-order valence-corrected chi connectivity index (χ0v) is 14.3. The zero-order valence-electron chi connectivity index (χ0n) is 14.3. The summed E-state index contributed by atoms with van der Waals surface area (Å²) >= 11 is 0. The van der Waals surface area contributed by atoms with E-state index in [2.05, 4.69) is 32.5 Å². The molecule has 26 heavy (non-hydrogen) atoms. The highest BCUT2D eigenvalue weighted by Crippen LogP contribution is 2.22. The van der Waals surface area contributed by atoms with Crippen molar-refractivity contribution in [2.45, 2.75) is 25.3 Å². The molecule has 1 aliphatic heterocycles. The molecule has 2 amide bonds. The third-order valence-electron chi connectivity index (χ3n) is 4.60. The Morgan fingerprint density at radius 3 is 2.81 bits per heavy atom. The Labute approximate surface area is 151 Å². The molecule has 1 saturated heterocycles. The Kier molecular flexibility index (Phi) is 4.59. The number of nitrogens with zero attached hydrogens (tertiary/aromatic N) is 5. The van der Waals surface area contributed by atoms with Gasteiger partial charge in [0.05, 0.1) is 11.9 Å². The summed E-state index contributed by atoms with van der Waals surface area (Å²) < 4.78 is 1.57. The number of likely N-dealkylation sites (tertiary alicyclic amines) is 1. The second-order valence-corrected chi connectivity index (χ2v) is 6.35. The van der Waals surface area contributed by atoms with Gasteiger partial charge in [-0.05, 0) is 37.0 Å². The number of benzene rings is 1. The van der Waals surface area contributed by atoms with Crippen molar-refractivity contribution >= 4 is 11.7 Å². The monoisotopic (exact) mass is 348 g/mol. The number of urea groups is 1. The van der Waals surface area contributed by atoms with E-state index in [1.807, 2.05) is 29.2 Å². The molecule has 0 saturated carbocycles. The van der Waals surface area contributed by atoms with Crippen LogP contribution >= 0.6 is 0 Å². The first kappa shape index (κ1) is 16.3. The smallest absolute Gasteiger partial charge is 0.321 e. The average Bonchev–Trinajstić information content (AvgIpc) is 3.35. The highest BCUT2D eigenvalue weighted by Gasteiger charge is 2.28. The predicted octanol–water partition coefficient (Wildman–Crippen LogP) is 2.90. The Morgan fingerprint density at radius 2 is 2.08 bits per heavy atom. The second-order valence-electron chi connectivity index (χ2n) is 6.35. The van der Waals surface area contributed by atoms with Crippen molar-refractivity contribution < 1.29 is 4.79 Å². The standard InChI is InChI=1S/C19H20N6O/c26-19(23-16-8-9-18(21-12-16)25-14-20-13-22-25)24-10-4-7-17(24)11-15-5-2-1-3-6-15/h1-3,5-6,8-9,12-14,17H,4,7,10-11H2,(H,23,26). The molecule has 4 rings (SSSR count). The fourth-order valence-corrected chi connectivity index (χ4v) is 3.32. The van der Waals surface area contributed by atoms with Gasteiger partial charge in [-0.3, -0.25) is 0 Å². The van der Waals surface area contributed by atoms with Crippen LogP contribution in [0.15, 0.2) is 61.3 Å². The lowest BCUT2D eigenvalue weighted by molar-refractivity contribution is 0.206. The minimum absolute atomic E-state index is 0.0706. The lowest BCUT2D eigenvalue weighted by atomic mass is 10.0. The molecule has 3 heterocycles. The molecular weight excluding hydrogens is 328 g/mol. The van der Waals surface area contributed by atoms with Gasteiger partial charge in [0.15, 0.2) is 5.82 Å². The molecule has 1 atom stereocenters. The minimum atomic E-state index is -0.0706. The Bertz CT molecular complexity index is 848. The summed E-state index contributed by atoms with van der Waals surface area (Å²) in [5.41, 5.74) is 1.93. The fraction of sp³-hybridized carbons (Fsp3) is 0.263. The van der Waals surface area contributed by atoms with E-state index in [0.29, 0.717) is 11.5 Å². The van der Waals surface area contributed by atoms with Crippen molar-refractivity contribution in [3.05, 3.63) is 66.9 Å². The first-order chi connectivity index (χ1) is 12.8. The van der Waals surface area contributed by atoms with E-state index in [1.54, 1.807) is 23.3 Å². The van der Waals surface area contributed by atoms with Crippen LogP contribution in [0.3, 0.4) is 0 Å². The van der Waals surface area contributed by atoms with Gasteiger partial charge < -0.3 is 10.2 Å². The summed E-state index contributed by atoms with van der Waals surface area (Å²) in [6.45, 7) is 0.786. The predicted molar refractivity (Wildman–Crippen MR) is 98.0 cm³/mol. The molecule has 1 aliphatic rings. The van der Waals surface area contributed by atoms with Crippen molar-refractivity contribution in [2.24, 2.45) is 0 Å². The summed E-state index contributed by atoms with van der Waals surface area (Å²) in [6, 6.07) is 14.1. The van der Waals surface area contributed by atoms with Crippen LogP contribution in [0.1, 0.15) is 18.4 Å². The van der Waals surface area contributed by atoms with E-state index in [9.17, 15) is 4.79 Å². The molecule has 7 heteroatoms. The number of carbonyl (C=O) groups excluding carboxylic acids is 1. The lowest BCUT2D eigenvalue weighted by Gasteiger charge is -2.25. The van der Waals surface area contributed by atoms with Crippen LogP contribution in [0.5, 0.6) is 0 Å². The van der Waals surface area contributed by atoms with Gasteiger partial charge in [0.1, 0.15) is 12.7 Å². The van der Waals surface area contributed by atoms with Gasteiger partial charge in [-0.15, -0.1) is 0 Å². The Balaban J connectivity index is 1.40. The van der Waals surface area contributed by atoms with Gasteiger partial charge in [-0.1, -0.05) is 30.3 Å². The summed E-state index contributed by atoms with van der Waals surface area (Å²) in [5.74, 6) is 0.656. The lowest BCUT2D eigenvalue weighted by Crippen LogP contribution is -2.39. The number of rotatable bonds is 4. The van der Waals surface area contributed by atoms with Crippen LogP contribution in [0, 0.1) is 0 Å². The van der Waals surface area contributed by atoms with Crippen LogP contribution in [-0.2, 0) is 6.42 Å². The van der Waals surface area contributed by atoms with Gasteiger partial charge in [-0.25, -0.2) is 19.4 Å². The van der Waals surface area contributed by atoms with Crippen LogP contribution in [-0.4, -0.2) is 43.3 Å². The molecule has 0 bridgehead atoms. The molecule has 1 aromatic carbocycles. The molecule has 3 aromatic rings. The van der Waals surface area contributed by atoms with Crippen molar-refractivity contribution in [2.75, 3.05) is 11.9 Å². The van der Waals surface area contributed by atoms with Gasteiger partial charge >= 0.3 is 6.03 Å². The first-order valence-electron chi connectivity index (χ1n) is 8.72. The minimum Gasteiger partial charge on any atom is -0.321 e. The molecule has 132 valence electrons. The van der Waals surface area contributed by atoms with E-state index in [-0.39, 0.29) is 12.1 Å². The Morgan fingerprint density at radius 1 is 1.19 bits per heavy atom. The molecule has 1 unspecified atom stereocenters. The van der Waals surface area contributed by atoms with Crippen LogP contribution < -0.4 is 5.32 Å². The van der Waals surface area contributed by atoms with E-state index in [0.717, 1.165) is 25.8 Å². The summed E-state index contributed by atoms with van der Waals surface area (Å²) in [7, 11) is 0. The number of aromatic nitrogens is 4. The number of pyridine rings is 1. The SMILES string of the molecule is O=C(Nc1ccc(-n2cncn2)nc1)N1CCCC1Cc1ccccc1. The van der Waals surface area contributed by atoms with Crippen molar-refractivity contribution in [3.8, 4) is 5.82 Å². The normalized spacial score (nSPS) is 16.6. The average molecular weight is 348 g/mol. The van der Waals surface area contributed by atoms with Crippen molar-refractivity contribution in [1.82, 2.24) is 24.6 Å². The highest BCUT2D eigenvalue weighted by molar-refractivity contribution is 5.89. The number of nitrogens with one attached hydrogen (secondary N) is 1. The van der Waals surface area contributed by atoms with Crippen molar-refractivity contribution in [1.29, 1.82) is 0 Å². The maximum atomic E-state index is 12.7. The molecule has 0 spiro atoms. The van der Waals surface area contributed by atoms with Gasteiger partial charge in [0.2, 0.25) is 0 Å². The van der Waals surface area contributed by atoms with Gasteiger partial charge in [0, 0.05) is 12.6 Å². The number of anilines is 1. The molecule has 1 N–H and O–H groups in total. The quantitative estimate of drug-likeness (QED) is 0.786. The molecule has 2 aromatic heterocycles. The largest absolute Gasteiger partial charge is 0.322 e. The second kappa shape index (κ2) is 7.35. The fourth-order valence-electron chi connectivity index (χ4n) is 3.32. The first-order valence-corrected chi connectivity index (χ1v) is 8.72.